The summed E-state index contributed by atoms with van der Waals surface area (Å²) in [5, 5.41) is 0. The van der Waals surface area contributed by atoms with E-state index in [1.807, 2.05) is 24.3 Å². The number of hydrogen-bond donors (Lipinski definition) is 0. The average molecular weight is 351 g/mol. The van der Waals surface area contributed by atoms with Crippen LogP contribution in [-0.4, -0.2) is 13.2 Å². The van der Waals surface area contributed by atoms with E-state index in [2.05, 4.69) is 18.7 Å². The fourth-order valence-electron chi connectivity index (χ4n) is 2.84. The smallest absolute Gasteiger partial charge is 0.416 e. The Balaban J connectivity index is 2.23. The monoisotopic (exact) mass is 351 g/mol. The van der Waals surface area contributed by atoms with E-state index in [0.717, 1.165) is 42.0 Å². The molecule has 0 fully saturated rings. The number of benzene rings is 2. The largest absolute Gasteiger partial charge is 0.497 e. The van der Waals surface area contributed by atoms with E-state index in [1.165, 1.54) is 0 Å². The van der Waals surface area contributed by atoms with Gasteiger partial charge in [0.2, 0.25) is 0 Å². The molecular formula is C20H24F3NO. The quantitative estimate of drug-likeness (QED) is 0.615. The zero-order valence-electron chi connectivity index (χ0n) is 14.8. The lowest BCUT2D eigenvalue weighted by molar-refractivity contribution is -0.137. The summed E-state index contributed by atoms with van der Waals surface area (Å²) in [5.41, 5.74) is 1.27. The number of ether oxygens (including phenoxy) is 1. The molecule has 136 valence electrons. The summed E-state index contributed by atoms with van der Waals surface area (Å²) < 4.78 is 43.4. The molecule has 0 aromatic heterocycles. The van der Waals surface area contributed by atoms with Crippen molar-refractivity contribution in [2.45, 2.75) is 45.5 Å². The molecule has 0 aliphatic carbocycles. The van der Waals surface area contributed by atoms with E-state index in [1.54, 1.807) is 19.2 Å². The fourth-order valence-corrected chi connectivity index (χ4v) is 2.84. The molecule has 0 saturated heterocycles. The van der Waals surface area contributed by atoms with Crippen molar-refractivity contribution in [1.82, 2.24) is 0 Å². The second-order valence-corrected chi connectivity index (χ2v) is 6.16. The maximum atomic E-state index is 12.7. The highest BCUT2D eigenvalue weighted by Gasteiger charge is 2.30. The Morgan fingerprint density at radius 3 is 2.08 bits per heavy atom. The van der Waals surface area contributed by atoms with E-state index >= 15 is 0 Å². The van der Waals surface area contributed by atoms with Crippen molar-refractivity contribution in [2.75, 3.05) is 12.0 Å². The van der Waals surface area contributed by atoms with Crippen molar-refractivity contribution < 1.29 is 17.9 Å². The number of rotatable bonds is 7. The predicted octanol–water partition coefficient (Wildman–Crippen LogP) is 5.91. The van der Waals surface area contributed by atoms with Gasteiger partial charge in [0, 0.05) is 18.3 Å². The summed E-state index contributed by atoms with van der Waals surface area (Å²) >= 11 is 0. The Morgan fingerprint density at radius 2 is 1.60 bits per heavy atom. The van der Waals surface area contributed by atoms with Crippen LogP contribution in [0.2, 0.25) is 0 Å². The summed E-state index contributed by atoms with van der Waals surface area (Å²) in [6.45, 7) is 4.82. The van der Waals surface area contributed by atoms with Gasteiger partial charge in [-0.15, -0.1) is 0 Å². The lowest BCUT2D eigenvalue weighted by atomic mass is 10.1. The van der Waals surface area contributed by atoms with Gasteiger partial charge in [0.1, 0.15) is 5.75 Å². The standard InChI is InChI=1S/C20H24F3NO/c1-4-5-15(2)24(18-10-12-19(25-3)13-11-18)14-16-6-8-17(9-7-16)20(21,22)23/h6-13,15H,4-5,14H2,1-3H3. The van der Waals surface area contributed by atoms with Crippen LogP contribution in [0.5, 0.6) is 5.75 Å². The van der Waals surface area contributed by atoms with Gasteiger partial charge in [0.05, 0.1) is 12.7 Å². The van der Waals surface area contributed by atoms with Crippen molar-refractivity contribution in [3.8, 4) is 5.75 Å². The topological polar surface area (TPSA) is 12.5 Å². The van der Waals surface area contributed by atoms with Crippen molar-refractivity contribution in [3.63, 3.8) is 0 Å². The highest BCUT2D eigenvalue weighted by molar-refractivity contribution is 5.50. The fraction of sp³-hybridized carbons (Fsp3) is 0.400. The minimum absolute atomic E-state index is 0.278. The molecule has 2 nitrogen and oxygen atoms in total. The van der Waals surface area contributed by atoms with Crippen LogP contribution >= 0.6 is 0 Å². The molecule has 0 N–H and O–H groups in total. The van der Waals surface area contributed by atoms with Gasteiger partial charge in [-0.2, -0.15) is 13.2 Å². The van der Waals surface area contributed by atoms with E-state index in [-0.39, 0.29) is 6.04 Å². The Morgan fingerprint density at radius 1 is 1.00 bits per heavy atom. The molecule has 0 aliphatic heterocycles. The molecule has 1 unspecified atom stereocenters. The molecule has 0 saturated carbocycles. The lowest BCUT2D eigenvalue weighted by Crippen LogP contribution is -2.32. The van der Waals surface area contributed by atoms with Crippen LogP contribution < -0.4 is 9.64 Å². The van der Waals surface area contributed by atoms with Crippen LogP contribution in [0.1, 0.15) is 37.8 Å². The lowest BCUT2D eigenvalue weighted by Gasteiger charge is -2.31. The van der Waals surface area contributed by atoms with Gasteiger partial charge < -0.3 is 9.64 Å². The molecule has 0 aliphatic rings. The van der Waals surface area contributed by atoms with Crippen molar-refractivity contribution in [1.29, 1.82) is 0 Å². The van der Waals surface area contributed by atoms with Gasteiger partial charge in [0.15, 0.2) is 0 Å². The van der Waals surface area contributed by atoms with Crippen LogP contribution in [0.25, 0.3) is 0 Å². The van der Waals surface area contributed by atoms with Gasteiger partial charge in [-0.3, -0.25) is 0 Å². The third-order valence-electron chi connectivity index (χ3n) is 4.28. The molecule has 0 radical (unpaired) electrons. The van der Waals surface area contributed by atoms with E-state index in [0.29, 0.717) is 6.54 Å². The first-order valence-electron chi connectivity index (χ1n) is 8.42. The summed E-state index contributed by atoms with van der Waals surface area (Å²) in [6.07, 6.45) is -2.25. The molecule has 0 bridgehead atoms. The zero-order chi connectivity index (χ0) is 18.4. The number of methoxy groups -OCH3 is 1. The Labute approximate surface area is 147 Å². The van der Waals surface area contributed by atoms with Crippen molar-refractivity contribution in [2.24, 2.45) is 0 Å². The number of nitrogens with zero attached hydrogens (tertiary/aromatic N) is 1. The van der Waals surface area contributed by atoms with E-state index in [9.17, 15) is 13.2 Å². The first-order valence-corrected chi connectivity index (χ1v) is 8.42. The maximum absolute atomic E-state index is 12.7. The summed E-state index contributed by atoms with van der Waals surface area (Å²) in [7, 11) is 1.62. The molecule has 1 atom stereocenters. The van der Waals surface area contributed by atoms with Gasteiger partial charge in [0.25, 0.3) is 0 Å². The molecule has 0 spiro atoms. The van der Waals surface area contributed by atoms with E-state index in [4.69, 9.17) is 4.74 Å². The first kappa shape index (κ1) is 19.2. The Hall–Kier alpha value is -2.17. The van der Waals surface area contributed by atoms with Crippen LogP contribution in [0.3, 0.4) is 0 Å². The minimum atomic E-state index is -4.30. The Kier molecular flexibility index (Phi) is 6.34. The molecule has 2 aromatic rings. The van der Waals surface area contributed by atoms with Crippen LogP contribution in [-0.2, 0) is 12.7 Å². The molecule has 2 rings (SSSR count). The van der Waals surface area contributed by atoms with Gasteiger partial charge in [-0.25, -0.2) is 0 Å². The van der Waals surface area contributed by atoms with Gasteiger partial charge in [-0.1, -0.05) is 25.5 Å². The third-order valence-corrected chi connectivity index (χ3v) is 4.28. The molecule has 25 heavy (non-hydrogen) atoms. The van der Waals surface area contributed by atoms with Crippen LogP contribution in [0, 0.1) is 0 Å². The molecule has 2 aromatic carbocycles. The third kappa shape index (κ3) is 5.15. The van der Waals surface area contributed by atoms with Crippen LogP contribution in [0.4, 0.5) is 18.9 Å². The first-order chi connectivity index (χ1) is 11.8. The normalized spacial score (nSPS) is 12.7. The summed E-state index contributed by atoms with van der Waals surface area (Å²) in [6, 6.07) is 13.4. The minimum Gasteiger partial charge on any atom is -0.497 e. The summed E-state index contributed by atoms with van der Waals surface area (Å²) in [4.78, 5) is 2.21. The van der Waals surface area contributed by atoms with Crippen molar-refractivity contribution >= 4 is 5.69 Å². The number of anilines is 1. The summed E-state index contributed by atoms with van der Waals surface area (Å²) in [5.74, 6) is 0.779. The highest BCUT2D eigenvalue weighted by atomic mass is 19.4. The Bertz CT molecular complexity index is 650. The highest BCUT2D eigenvalue weighted by Crippen LogP contribution is 2.30. The van der Waals surface area contributed by atoms with Crippen LogP contribution in [0.15, 0.2) is 48.5 Å². The number of halogens is 3. The molecule has 0 amide bonds. The zero-order valence-corrected chi connectivity index (χ0v) is 14.8. The number of alkyl halides is 3. The average Bonchev–Trinajstić information content (AvgIpc) is 2.59. The second kappa shape index (κ2) is 8.28. The van der Waals surface area contributed by atoms with E-state index < -0.39 is 11.7 Å². The maximum Gasteiger partial charge on any atom is 0.416 e. The number of hydrogen-bond acceptors (Lipinski definition) is 2. The van der Waals surface area contributed by atoms with Gasteiger partial charge >= 0.3 is 6.18 Å². The second-order valence-electron chi connectivity index (χ2n) is 6.16. The molecule has 0 heterocycles. The van der Waals surface area contributed by atoms with Gasteiger partial charge in [-0.05, 0) is 55.3 Å². The van der Waals surface area contributed by atoms with Crippen molar-refractivity contribution in [3.05, 3.63) is 59.7 Å². The predicted molar refractivity (Wildman–Crippen MR) is 95.0 cm³/mol. The molecule has 5 heteroatoms. The SMILES string of the molecule is CCCC(C)N(Cc1ccc(C(F)(F)F)cc1)c1ccc(OC)cc1. The molecular weight excluding hydrogens is 327 g/mol.